The summed E-state index contributed by atoms with van der Waals surface area (Å²) < 4.78 is 18.4. The van der Waals surface area contributed by atoms with Gasteiger partial charge in [-0.05, 0) is 31.5 Å². The highest BCUT2D eigenvalue weighted by molar-refractivity contribution is 6.14. The van der Waals surface area contributed by atoms with Gasteiger partial charge in [-0.1, -0.05) is 0 Å². The maximum absolute atomic E-state index is 11.1. The first kappa shape index (κ1) is 18.3. The maximum Gasteiger partial charge on any atom is 0.201 e. The number of nitrogens with one attached hydrogen (secondary N) is 1. The zero-order chi connectivity index (χ0) is 18.8. The van der Waals surface area contributed by atoms with Crippen LogP contribution in [0.25, 0.3) is 10.9 Å². The van der Waals surface area contributed by atoms with Crippen molar-refractivity contribution in [1.29, 1.82) is 0 Å². The zero-order valence-electron chi connectivity index (χ0n) is 15.9. The van der Waals surface area contributed by atoms with E-state index in [2.05, 4.69) is 29.4 Å². The van der Waals surface area contributed by atoms with Crippen LogP contribution in [0, 0.1) is 0 Å². The number of benzene rings is 1. The van der Waals surface area contributed by atoms with E-state index in [-0.39, 0.29) is 18.0 Å². The third-order valence-corrected chi connectivity index (χ3v) is 5.14. The van der Waals surface area contributed by atoms with E-state index < -0.39 is 0 Å². The predicted octanol–water partition coefficient (Wildman–Crippen LogP) is 2.57. The molecule has 7 heteroatoms. The van der Waals surface area contributed by atoms with E-state index in [4.69, 9.17) is 14.2 Å². The molecule has 27 heavy (non-hydrogen) atoms. The van der Waals surface area contributed by atoms with Crippen molar-refractivity contribution in [3.8, 4) is 5.88 Å². The molecule has 0 spiro atoms. The fraction of sp³-hybridized carbons (Fsp3) is 0.550. The van der Waals surface area contributed by atoms with Gasteiger partial charge in [-0.25, -0.2) is 0 Å². The minimum Gasteiger partial charge on any atom is -0.494 e. The molecule has 2 aliphatic heterocycles. The largest absolute Gasteiger partial charge is 0.494 e. The number of hydrogen-bond donors (Lipinski definition) is 2. The summed E-state index contributed by atoms with van der Waals surface area (Å²) in [6.45, 7) is 5.70. The van der Waals surface area contributed by atoms with E-state index in [1.807, 2.05) is 10.6 Å². The Morgan fingerprint density at radius 3 is 2.96 bits per heavy atom. The molecule has 2 atom stereocenters. The molecule has 146 valence electrons. The summed E-state index contributed by atoms with van der Waals surface area (Å²) in [7, 11) is 1.70. The molecule has 7 nitrogen and oxygen atoms in total. The van der Waals surface area contributed by atoms with E-state index in [9.17, 15) is 5.11 Å². The zero-order valence-corrected chi connectivity index (χ0v) is 15.9. The lowest BCUT2D eigenvalue weighted by Crippen LogP contribution is -2.20. The van der Waals surface area contributed by atoms with Gasteiger partial charge in [0.2, 0.25) is 5.88 Å². The predicted molar refractivity (Wildman–Crippen MR) is 105 cm³/mol. The van der Waals surface area contributed by atoms with E-state index in [1.165, 1.54) is 0 Å². The van der Waals surface area contributed by atoms with Gasteiger partial charge in [0.25, 0.3) is 0 Å². The molecule has 0 saturated carbocycles. The van der Waals surface area contributed by atoms with Crippen LogP contribution in [0.4, 0.5) is 5.69 Å². The molecule has 0 amide bonds. The highest BCUT2D eigenvalue weighted by atomic mass is 16.5. The van der Waals surface area contributed by atoms with Crippen molar-refractivity contribution in [2.45, 2.75) is 25.4 Å². The number of aliphatic imine (C=N–C) groups is 1. The molecule has 0 bridgehead atoms. The Kier molecular flexibility index (Phi) is 5.33. The highest BCUT2D eigenvalue weighted by Crippen LogP contribution is 2.38. The lowest BCUT2D eigenvalue weighted by Gasteiger charge is -2.15. The van der Waals surface area contributed by atoms with Crippen molar-refractivity contribution in [2.75, 3.05) is 52.0 Å². The summed E-state index contributed by atoms with van der Waals surface area (Å²) in [4.78, 5) is 4.62. The summed E-state index contributed by atoms with van der Waals surface area (Å²) in [5.41, 5.74) is 3.57. The normalized spacial score (nSPS) is 21.4. The number of rotatable bonds is 6. The molecule has 1 aromatic carbocycles. The SMILES string of the molecule is COCC(C)Nc1ccc2c(c1)c(C1=NCCOC1)c(O)n2C1CCOC1. The van der Waals surface area contributed by atoms with E-state index in [0.29, 0.717) is 33.0 Å². The van der Waals surface area contributed by atoms with Crippen molar-refractivity contribution in [3.63, 3.8) is 0 Å². The van der Waals surface area contributed by atoms with Crippen LogP contribution >= 0.6 is 0 Å². The van der Waals surface area contributed by atoms with Crippen molar-refractivity contribution in [2.24, 2.45) is 4.99 Å². The van der Waals surface area contributed by atoms with Crippen molar-refractivity contribution < 1.29 is 19.3 Å². The standard InChI is InChI=1S/C20H27N3O4/c1-13(10-25-2)22-14-3-4-18-16(9-14)19(17-12-27-8-6-21-17)20(24)23(18)15-5-7-26-11-15/h3-4,9,13,15,22,24H,5-8,10-12H2,1-2H3. The summed E-state index contributed by atoms with van der Waals surface area (Å²) >= 11 is 0. The highest BCUT2D eigenvalue weighted by Gasteiger charge is 2.28. The molecule has 3 heterocycles. The van der Waals surface area contributed by atoms with Crippen LogP contribution in [-0.2, 0) is 14.2 Å². The molecular weight excluding hydrogens is 346 g/mol. The number of aromatic hydroxyl groups is 1. The fourth-order valence-electron chi connectivity index (χ4n) is 3.96. The van der Waals surface area contributed by atoms with Crippen LogP contribution in [0.15, 0.2) is 23.2 Å². The molecule has 2 unspecified atom stereocenters. The molecule has 1 aromatic heterocycles. The topological polar surface area (TPSA) is 77.2 Å². The van der Waals surface area contributed by atoms with E-state index in [1.54, 1.807) is 7.11 Å². The number of methoxy groups -OCH3 is 1. The average Bonchev–Trinajstić information content (AvgIpc) is 3.27. The second-order valence-corrected chi connectivity index (χ2v) is 7.20. The third kappa shape index (κ3) is 3.54. The Morgan fingerprint density at radius 1 is 1.37 bits per heavy atom. The molecule has 2 N–H and O–H groups in total. The van der Waals surface area contributed by atoms with Crippen molar-refractivity contribution >= 4 is 22.3 Å². The minimum absolute atomic E-state index is 0.137. The summed E-state index contributed by atoms with van der Waals surface area (Å²) in [5, 5.41) is 15.5. The van der Waals surface area contributed by atoms with E-state index in [0.717, 1.165) is 40.9 Å². The Balaban J connectivity index is 1.81. The molecule has 2 aromatic rings. The number of nitrogens with zero attached hydrogens (tertiary/aromatic N) is 2. The van der Waals surface area contributed by atoms with E-state index >= 15 is 0 Å². The summed E-state index contributed by atoms with van der Waals surface area (Å²) in [6.07, 6.45) is 0.893. The minimum atomic E-state index is 0.137. The van der Waals surface area contributed by atoms with Crippen LogP contribution in [0.1, 0.15) is 24.9 Å². The van der Waals surface area contributed by atoms with Gasteiger partial charge in [-0.3, -0.25) is 4.99 Å². The molecule has 4 rings (SSSR count). The first-order valence-electron chi connectivity index (χ1n) is 9.50. The summed E-state index contributed by atoms with van der Waals surface area (Å²) in [6, 6.07) is 6.51. The Labute approximate surface area is 158 Å². The van der Waals surface area contributed by atoms with Gasteiger partial charge >= 0.3 is 0 Å². The molecule has 2 aliphatic rings. The van der Waals surface area contributed by atoms with Crippen LogP contribution < -0.4 is 5.32 Å². The van der Waals surface area contributed by atoms with Crippen molar-refractivity contribution in [3.05, 3.63) is 23.8 Å². The van der Waals surface area contributed by atoms with Crippen LogP contribution in [-0.4, -0.2) is 68.1 Å². The maximum atomic E-state index is 11.1. The fourth-order valence-corrected chi connectivity index (χ4v) is 3.96. The monoisotopic (exact) mass is 373 g/mol. The number of hydrogen-bond acceptors (Lipinski definition) is 6. The van der Waals surface area contributed by atoms with Gasteiger partial charge in [0.1, 0.15) is 0 Å². The summed E-state index contributed by atoms with van der Waals surface area (Å²) in [5.74, 6) is 0.256. The van der Waals surface area contributed by atoms with Crippen LogP contribution in [0.5, 0.6) is 5.88 Å². The first-order chi connectivity index (χ1) is 13.2. The first-order valence-corrected chi connectivity index (χ1v) is 9.50. The van der Waals surface area contributed by atoms with Crippen molar-refractivity contribution in [1.82, 2.24) is 4.57 Å². The smallest absolute Gasteiger partial charge is 0.201 e. The number of ether oxygens (including phenoxy) is 3. The Morgan fingerprint density at radius 2 is 2.26 bits per heavy atom. The van der Waals surface area contributed by atoms with Gasteiger partial charge < -0.3 is 29.2 Å². The molecule has 0 aliphatic carbocycles. The molecule has 0 radical (unpaired) electrons. The molecule has 1 saturated heterocycles. The second-order valence-electron chi connectivity index (χ2n) is 7.20. The number of anilines is 1. The van der Waals surface area contributed by atoms with Gasteiger partial charge in [0.05, 0.1) is 55.8 Å². The Bertz CT molecular complexity index is 839. The molecule has 1 fully saturated rings. The quantitative estimate of drug-likeness (QED) is 0.814. The van der Waals surface area contributed by atoms with Gasteiger partial charge in [0, 0.05) is 30.8 Å². The van der Waals surface area contributed by atoms with Crippen LogP contribution in [0.3, 0.4) is 0 Å². The average molecular weight is 373 g/mol. The number of aromatic nitrogens is 1. The lowest BCUT2D eigenvalue weighted by atomic mass is 10.1. The van der Waals surface area contributed by atoms with Gasteiger partial charge in [0.15, 0.2) is 0 Å². The number of fused-ring (bicyclic) bond motifs is 1. The van der Waals surface area contributed by atoms with Gasteiger partial charge in [-0.15, -0.1) is 0 Å². The van der Waals surface area contributed by atoms with Crippen LogP contribution in [0.2, 0.25) is 0 Å². The molecular formula is C20H27N3O4. The second kappa shape index (κ2) is 7.88. The third-order valence-electron chi connectivity index (χ3n) is 5.14. The van der Waals surface area contributed by atoms with Gasteiger partial charge in [-0.2, -0.15) is 0 Å². The Hall–Kier alpha value is -2.09. The lowest BCUT2D eigenvalue weighted by molar-refractivity contribution is 0.171.